The van der Waals surface area contributed by atoms with E-state index in [1.807, 2.05) is 0 Å². The number of carbonyl (C=O) groups is 2. The zero-order valence-corrected chi connectivity index (χ0v) is 12.9. The van der Waals surface area contributed by atoms with E-state index in [4.69, 9.17) is 0 Å². The van der Waals surface area contributed by atoms with Crippen LogP contribution in [0.3, 0.4) is 0 Å². The van der Waals surface area contributed by atoms with Crippen LogP contribution >= 0.6 is 12.4 Å². The van der Waals surface area contributed by atoms with E-state index < -0.39 is 29.0 Å². The summed E-state index contributed by atoms with van der Waals surface area (Å²) < 4.78 is 39.1. The molecule has 5 nitrogen and oxygen atoms in total. The van der Waals surface area contributed by atoms with Crippen molar-refractivity contribution >= 4 is 29.9 Å². The fraction of sp³-hybridized carbons (Fsp3) is 0.429. The molecule has 3 N–H and O–H groups in total. The highest BCUT2D eigenvalue weighted by molar-refractivity contribution is 5.94. The largest absolute Gasteiger partial charge is 0.346 e. The second kappa shape index (κ2) is 8.73. The third-order valence-electron chi connectivity index (χ3n) is 3.17. The third-order valence-corrected chi connectivity index (χ3v) is 3.17. The van der Waals surface area contributed by atoms with Gasteiger partial charge < -0.3 is 16.0 Å². The first-order chi connectivity index (χ1) is 10.5. The highest BCUT2D eigenvalue weighted by atomic mass is 35.5. The second-order valence-corrected chi connectivity index (χ2v) is 5.12. The van der Waals surface area contributed by atoms with E-state index in [1.54, 1.807) is 0 Å². The van der Waals surface area contributed by atoms with Gasteiger partial charge in [0.25, 0.3) is 0 Å². The third kappa shape index (κ3) is 6.07. The molecule has 1 aliphatic rings. The van der Waals surface area contributed by atoms with Crippen LogP contribution in [0.4, 0.5) is 18.9 Å². The number of carbonyl (C=O) groups excluding carboxylic acids is 2. The lowest BCUT2D eigenvalue weighted by molar-refractivity contribution is -0.123. The Morgan fingerprint density at radius 1 is 1.04 bits per heavy atom. The van der Waals surface area contributed by atoms with Crippen LogP contribution < -0.4 is 16.0 Å². The Balaban J connectivity index is 0.00000264. The van der Waals surface area contributed by atoms with E-state index in [9.17, 15) is 22.8 Å². The minimum Gasteiger partial charge on any atom is -0.346 e. The molecule has 9 heteroatoms. The highest BCUT2D eigenvalue weighted by Gasteiger charge is 2.20. The summed E-state index contributed by atoms with van der Waals surface area (Å²) in [4.78, 5) is 23.0. The van der Waals surface area contributed by atoms with Crippen LogP contribution in [0.1, 0.15) is 12.8 Å². The number of hydrogen-bond acceptors (Lipinski definition) is 3. The molecule has 1 aromatic carbocycles. The van der Waals surface area contributed by atoms with Crippen molar-refractivity contribution in [1.29, 1.82) is 0 Å². The van der Waals surface area contributed by atoms with Crippen LogP contribution in [0, 0.1) is 23.4 Å². The van der Waals surface area contributed by atoms with Gasteiger partial charge in [-0.3, -0.25) is 9.59 Å². The number of anilines is 1. The average molecular weight is 352 g/mol. The number of nitrogens with one attached hydrogen (secondary N) is 3. The fourth-order valence-corrected chi connectivity index (χ4v) is 1.77. The molecule has 1 aromatic rings. The van der Waals surface area contributed by atoms with Crippen LogP contribution in [0.15, 0.2) is 12.1 Å². The van der Waals surface area contributed by atoms with Crippen molar-refractivity contribution in [1.82, 2.24) is 10.6 Å². The Hall–Kier alpha value is -1.80. The maximum Gasteiger partial charge on any atom is 0.243 e. The number of halogens is 4. The molecule has 0 radical (unpaired) electrons. The summed E-state index contributed by atoms with van der Waals surface area (Å²) >= 11 is 0. The molecule has 1 saturated carbocycles. The van der Waals surface area contributed by atoms with E-state index in [1.165, 1.54) is 0 Å². The molecule has 0 atom stereocenters. The zero-order valence-electron chi connectivity index (χ0n) is 12.1. The van der Waals surface area contributed by atoms with Gasteiger partial charge >= 0.3 is 0 Å². The molecular weight excluding hydrogens is 335 g/mol. The first kappa shape index (κ1) is 19.2. The molecule has 0 spiro atoms. The minimum absolute atomic E-state index is 0. The normalized spacial score (nSPS) is 13.2. The molecule has 1 aliphatic carbocycles. The maximum absolute atomic E-state index is 13.3. The monoisotopic (exact) mass is 351 g/mol. The van der Waals surface area contributed by atoms with Crippen LogP contribution in [0.25, 0.3) is 0 Å². The summed E-state index contributed by atoms with van der Waals surface area (Å²) in [5, 5.41) is 7.35. The van der Waals surface area contributed by atoms with Crippen molar-refractivity contribution in [3.63, 3.8) is 0 Å². The summed E-state index contributed by atoms with van der Waals surface area (Å²) in [6.45, 7) is 0.464. The Labute approximate surface area is 137 Å². The van der Waals surface area contributed by atoms with Gasteiger partial charge in [-0.15, -0.1) is 12.4 Å². The van der Waals surface area contributed by atoms with Crippen molar-refractivity contribution in [2.24, 2.45) is 5.92 Å². The lowest BCUT2D eigenvalue weighted by Gasteiger charge is -2.09. The van der Waals surface area contributed by atoms with Gasteiger partial charge in [0.2, 0.25) is 11.8 Å². The van der Waals surface area contributed by atoms with Gasteiger partial charge in [0.15, 0.2) is 17.5 Å². The lowest BCUT2D eigenvalue weighted by Crippen LogP contribution is -2.39. The van der Waals surface area contributed by atoms with Crippen molar-refractivity contribution in [3.05, 3.63) is 29.6 Å². The van der Waals surface area contributed by atoms with Gasteiger partial charge in [0.1, 0.15) is 0 Å². The van der Waals surface area contributed by atoms with E-state index in [-0.39, 0.29) is 31.4 Å². The van der Waals surface area contributed by atoms with Gasteiger partial charge in [0, 0.05) is 0 Å². The lowest BCUT2D eigenvalue weighted by atomic mass is 10.2. The van der Waals surface area contributed by atoms with Gasteiger partial charge in [-0.05, 0) is 37.4 Å². The maximum atomic E-state index is 13.3. The Kier molecular flexibility index (Phi) is 7.31. The second-order valence-electron chi connectivity index (χ2n) is 5.12. The highest BCUT2D eigenvalue weighted by Crippen LogP contribution is 2.27. The molecule has 23 heavy (non-hydrogen) atoms. The molecule has 0 heterocycles. The Morgan fingerprint density at radius 2 is 1.74 bits per heavy atom. The molecule has 1 fully saturated rings. The summed E-state index contributed by atoms with van der Waals surface area (Å²) in [6, 6.07) is 1.61. The minimum atomic E-state index is -1.66. The predicted molar refractivity (Wildman–Crippen MR) is 80.8 cm³/mol. The number of hydrogen-bond donors (Lipinski definition) is 3. The Bertz CT molecular complexity index is 583. The van der Waals surface area contributed by atoms with Crippen LogP contribution in [-0.4, -0.2) is 31.4 Å². The molecule has 128 valence electrons. The topological polar surface area (TPSA) is 70.2 Å². The summed E-state index contributed by atoms with van der Waals surface area (Å²) in [6.07, 6.45) is 2.33. The first-order valence-electron chi connectivity index (χ1n) is 6.88. The quantitative estimate of drug-likeness (QED) is 0.653. The molecule has 0 bridgehead atoms. The van der Waals surface area contributed by atoms with Crippen LogP contribution in [0.5, 0.6) is 0 Å². The van der Waals surface area contributed by atoms with E-state index in [0.717, 1.165) is 25.5 Å². The summed E-state index contributed by atoms with van der Waals surface area (Å²) in [5.41, 5.74) is -0.481. The fourth-order valence-electron chi connectivity index (χ4n) is 1.77. The van der Waals surface area contributed by atoms with Gasteiger partial charge in [0.05, 0.1) is 18.8 Å². The standard InChI is InChI=1S/C14H16F3N3O2.ClH/c15-9-3-4-10(14(17)13(9)16)20-12(22)7-19-11(21)6-18-5-8-1-2-8;/h3-4,8,18H,1-2,5-7H2,(H,19,21)(H,20,22);1H. The van der Waals surface area contributed by atoms with Gasteiger partial charge in [-0.2, -0.15) is 0 Å². The number of amides is 2. The van der Waals surface area contributed by atoms with Crippen molar-refractivity contribution in [2.45, 2.75) is 12.8 Å². The van der Waals surface area contributed by atoms with E-state index >= 15 is 0 Å². The molecule has 2 rings (SSSR count). The predicted octanol–water partition coefficient (Wildman–Crippen LogP) is 1.58. The first-order valence-corrected chi connectivity index (χ1v) is 6.88. The molecule has 0 aromatic heterocycles. The van der Waals surface area contributed by atoms with Gasteiger partial charge in [-0.1, -0.05) is 0 Å². The number of rotatable bonds is 7. The van der Waals surface area contributed by atoms with Crippen LogP contribution in [0.2, 0.25) is 0 Å². The molecule has 0 aliphatic heterocycles. The number of benzene rings is 1. The Morgan fingerprint density at radius 3 is 2.39 bits per heavy atom. The zero-order chi connectivity index (χ0) is 16.1. The molecule has 0 saturated heterocycles. The van der Waals surface area contributed by atoms with E-state index in [2.05, 4.69) is 16.0 Å². The smallest absolute Gasteiger partial charge is 0.243 e. The summed E-state index contributed by atoms with van der Waals surface area (Å²) in [5.74, 6) is -4.96. The van der Waals surface area contributed by atoms with Crippen molar-refractivity contribution in [3.8, 4) is 0 Å². The van der Waals surface area contributed by atoms with Crippen molar-refractivity contribution < 1.29 is 22.8 Å². The van der Waals surface area contributed by atoms with E-state index in [0.29, 0.717) is 12.0 Å². The molecule has 2 amide bonds. The average Bonchev–Trinajstić information content (AvgIpc) is 3.30. The van der Waals surface area contributed by atoms with Crippen LogP contribution in [-0.2, 0) is 9.59 Å². The molecular formula is C14H17ClF3N3O2. The summed E-state index contributed by atoms with van der Waals surface area (Å²) in [7, 11) is 0. The SMILES string of the molecule is Cl.O=C(CNCC1CC1)NCC(=O)Nc1ccc(F)c(F)c1F. The van der Waals surface area contributed by atoms with Gasteiger partial charge in [-0.25, -0.2) is 13.2 Å². The molecule has 0 unspecified atom stereocenters. The van der Waals surface area contributed by atoms with Crippen molar-refractivity contribution in [2.75, 3.05) is 25.0 Å².